The van der Waals surface area contributed by atoms with E-state index in [4.69, 9.17) is 27.9 Å². The Balaban J connectivity index is 2.47. The molecule has 0 spiro atoms. The van der Waals surface area contributed by atoms with Crippen LogP contribution in [0.4, 0.5) is 0 Å². The summed E-state index contributed by atoms with van der Waals surface area (Å²) in [5, 5.41) is 0.664. The highest BCUT2D eigenvalue weighted by molar-refractivity contribution is 9.10. The quantitative estimate of drug-likeness (QED) is 0.772. The standard InChI is InChI=1S/C10H11BrCl2N2O/c1-16-10(4-2-3-5-10)9-14-7(12)6(11)8(13)15-9/h2-5H2,1H3. The van der Waals surface area contributed by atoms with Gasteiger partial charge in [-0.05, 0) is 41.6 Å². The molecule has 3 nitrogen and oxygen atoms in total. The first kappa shape index (κ1) is 12.6. The lowest BCUT2D eigenvalue weighted by atomic mass is 10.0. The Morgan fingerprint density at radius 1 is 1.19 bits per heavy atom. The van der Waals surface area contributed by atoms with Crippen LogP contribution in [0.25, 0.3) is 0 Å². The van der Waals surface area contributed by atoms with Crippen LogP contribution >= 0.6 is 39.1 Å². The second-order valence-electron chi connectivity index (χ2n) is 3.85. The number of methoxy groups -OCH3 is 1. The Morgan fingerprint density at radius 2 is 1.69 bits per heavy atom. The summed E-state index contributed by atoms with van der Waals surface area (Å²) in [4.78, 5) is 8.51. The monoisotopic (exact) mass is 324 g/mol. The van der Waals surface area contributed by atoms with E-state index in [2.05, 4.69) is 25.9 Å². The summed E-state index contributed by atoms with van der Waals surface area (Å²) in [5.41, 5.74) is -0.409. The number of aromatic nitrogens is 2. The number of nitrogens with zero attached hydrogens (tertiary/aromatic N) is 2. The van der Waals surface area contributed by atoms with Crippen LogP contribution in [0, 0.1) is 0 Å². The second kappa shape index (κ2) is 4.77. The van der Waals surface area contributed by atoms with Crippen molar-refractivity contribution >= 4 is 39.1 Å². The fourth-order valence-electron chi connectivity index (χ4n) is 2.06. The topological polar surface area (TPSA) is 35.0 Å². The van der Waals surface area contributed by atoms with Crippen LogP contribution in [-0.2, 0) is 10.3 Å². The highest BCUT2D eigenvalue weighted by Gasteiger charge is 2.39. The molecule has 1 saturated carbocycles. The van der Waals surface area contributed by atoms with E-state index in [0.29, 0.717) is 20.6 Å². The van der Waals surface area contributed by atoms with Crippen molar-refractivity contribution in [3.05, 3.63) is 20.6 Å². The molecule has 1 aliphatic carbocycles. The van der Waals surface area contributed by atoms with Gasteiger partial charge in [0.1, 0.15) is 15.9 Å². The van der Waals surface area contributed by atoms with E-state index in [1.165, 1.54) is 0 Å². The predicted octanol–water partition coefficient (Wildman–Crippen LogP) is 3.96. The highest BCUT2D eigenvalue weighted by Crippen LogP contribution is 2.41. The van der Waals surface area contributed by atoms with E-state index in [0.717, 1.165) is 25.7 Å². The molecule has 1 heterocycles. The smallest absolute Gasteiger partial charge is 0.163 e. The van der Waals surface area contributed by atoms with Gasteiger partial charge in [0.25, 0.3) is 0 Å². The van der Waals surface area contributed by atoms with Crippen molar-refractivity contribution in [2.75, 3.05) is 7.11 Å². The zero-order valence-electron chi connectivity index (χ0n) is 8.76. The van der Waals surface area contributed by atoms with E-state index in [1.807, 2.05) is 0 Å². The molecule has 0 unspecified atom stereocenters. The fourth-order valence-corrected chi connectivity index (χ4v) is 2.63. The van der Waals surface area contributed by atoms with Gasteiger partial charge in [0.15, 0.2) is 5.82 Å². The first-order valence-electron chi connectivity index (χ1n) is 5.03. The van der Waals surface area contributed by atoms with Crippen LogP contribution in [-0.4, -0.2) is 17.1 Å². The summed E-state index contributed by atoms with van der Waals surface area (Å²) in [6.45, 7) is 0. The summed E-state index contributed by atoms with van der Waals surface area (Å²) < 4.78 is 6.11. The SMILES string of the molecule is COC1(c2nc(Cl)c(Br)c(Cl)n2)CCCC1. The van der Waals surface area contributed by atoms with Crippen molar-refractivity contribution in [1.29, 1.82) is 0 Å². The molecule has 6 heteroatoms. The molecule has 0 N–H and O–H groups in total. The molecule has 1 aliphatic rings. The minimum Gasteiger partial charge on any atom is -0.370 e. The third kappa shape index (κ3) is 2.08. The number of hydrogen-bond donors (Lipinski definition) is 0. The van der Waals surface area contributed by atoms with E-state index >= 15 is 0 Å². The Hall–Kier alpha value is 0.1000. The molecule has 0 aliphatic heterocycles. The lowest BCUT2D eigenvalue weighted by Crippen LogP contribution is -2.27. The predicted molar refractivity (Wildman–Crippen MR) is 66.9 cm³/mol. The van der Waals surface area contributed by atoms with Crippen molar-refractivity contribution in [2.24, 2.45) is 0 Å². The third-order valence-corrected chi connectivity index (χ3v) is 4.73. The minimum absolute atomic E-state index is 0.332. The molecule has 2 rings (SSSR count). The fraction of sp³-hybridized carbons (Fsp3) is 0.600. The average molecular weight is 326 g/mol. The molecule has 0 aromatic carbocycles. The molecule has 0 amide bonds. The first-order valence-corrected chi connectivity index (χ1v) is 6.58. The normalized spacial score (nSPS) is 19.0. The zero-order valence-corrected chi connectivity index (χ0v) is 11.9. The maximum atomic E-state index is 5.98. The first-order chi connectivity index (χ1) is 7.59. The maximum absolute atomic E-state index is 5.98. The maximum Gasteiger partial charge on any atom is 0.163 e. The van der Waals surface area contributed by atoms with E-state index in [-0.39, 0.29) is 0 Å². The molecule has 88 valence electrons. The van der Waals surface area contributed by atoms with Gasteiger partial charge in [-0.2, -0.15) is 0 Å². The lowest BCUT2D eigenvalue weighted by Gasteiger charge is -2.25. The molecule has 0 saturated heterocycles. The summed E-state index contributed by atoms with van der Waals surface area (Å²) in [7, 11) is 1.68. The van der Waals surface area contributed by atoms with Crippen LogP contribution in [0.5, 0.6) is 0 Å². The van der Waals surface area contributed by atoms with Crippen LogP contribution in [0.15, 0.2) is 4.47 Å². The minimum atomic E-state index is -0.409. The van der Waals surface area contributed by atoms with Gasteiger partial charge < -0.3 is 4.74 Å². The van der Waals surface area contributed by atoms with Crippen molar-refractivity contribution < 1.29 is 4.74 Å². The van der Waals surface area contributed by atoms with Gasteiger partial charge in [-0.25, -0.2) is 9.97 Å². The number of rotatable bonds is 2. The van der Waals surface area contributed by atoms with Crippen molar-refractivity contribution in [3.63, 3.8) is 0 Å². The van der Waals surface area contributed by atoms with Crippen molar-refractivity contribution in [3.8, 4) is 0 Å². The Morgan fingerprint density at radius 3 is 2.12 bits per heavy atom. The molecular formula is C10H11BrCl2N2O. The Kier molecular flexibility index (Phi) is 3.74. The molecule has 1 fully saturated rings. The largest absolute Gasteiger partial charge is 0.370 e. The van der Waals surface area contributed by atoms with Crippen molar-refractivity contribution in [1.82, 2.24) is 9.97 Å². The number of ether oxygens (including phenoxy) is 1. The van der Waals surface area contributed by atoms with E-state index in [1.54, 1.807) is 7.11 Å². The van der Waals surface area contributed by atoms with Crippen LogP contribution in [0.1, 0.15) is 31.5 Å². The molecular weight excluding hydrogens is 315 g/mol. The highest BCUT2D eigenvalue weighted by atomic mass is 79.9. The van der Waals surface area contributed by atoms with Gasteiger partial charge in [-0.15, -0.1) is 0 Å². The molecule has 0 bridgehead atoms. The van der Waals surface area contributed by atoms with Gasteiger partial charge in [-0.3, -0.25) is 0 Å². The van der Waals surface area contributed by atoms with E-state index in [9.17, 15) is 0 Å². The summed E-state index contributed by atoms with van der Waals surface area (Å²) in [6.07, 6.45) is 4.06. The number of hydrogen-bond acceptors (Lipinski definition) is 3. The summed E-state index contributed by atoms with van der Waals surface area (Å²) >= 11 is 15.2. The Labute approximate surface area is 113 Å². The van der Waals surface area contributed by atoms with Gasteiger partial charge in [0.2, 0.25) is 0 Å². The molecule has 1 aromatic rings. The molecule has 0 atom stereocenters. The van der Waals surface area contributed by atoms with Gasteiger partial charge in [0.05, 0.1) is 4.47 Å². The number of halogens is 3. The summed E-state index contributed by atoms with van der Waals surface area (Å²) in [6, 6.07) is 0. The average Bonchev–Trinajstić information content (AvgIpc) is 2.75. The Bertz CT molecular complexity index is 385. The summed E-state index contributed by atoms with van der Waals surface area (Å²) in [5.74, 6) is 0.589. The third-order valence-electron chi connectivity index (χ3n) is 2.98. The van der Waals surface area contributed by atoms with E-state index < -0.39 is 5.60 Å². The second-order valence-corrected chi connectivity index (χ2v) is 5.36. The molecule has 1 aromatic heterocycles. The van der Waals surface area contributed by atoms with Crippen LogP contribution < -0.4 is 0 Å². The van der Waals surface area contributed by atoms with Gasteiger partial charge in [-0.1, -0.05) is 23.2 Å². The molecule has 16 heavy (non-hydrogen) atoms. The lowest BCUT2D eigenvalue weighted by molar-refractivity contribution is -0.0163. The van der Waals surface area contributed by atoms with Gasteiger partial charge in [0, 0.05) is 7.11 Å². The molecule has 0 radical (unpaired) electrons. The van der Waals surface area contributed by atoms with Crippen LogP contribution in [0.3, 0.4) is 0 Å². The zero-order chi connectivity index (χ0) is 11.8. The van der Waals surface area contributed by atoms with Crippen molar-refractivity contribution in [2.45, 2.75) is 31.3 Å². The van der Waals surface area contributed by atoms with Gasteiger partial charge >= 0.3 is 0 Å². The van der Waals surface area contributed by atoms with Crippen LogP contribution in [0.2, 0.25) is 10.3 Å².